The van der Waals surface area contributed by atoms with Crippen molar-refractivity contribution < 1.29 is 9.90 Å². The van der Waals surface area contributed by atoms with E-state index in [2.05, 4.69) is 0 Å². The molecule has 0 aliphatic rings. The number of aliphatic hydroxyl groups is 1. The zero-order chi connectivity index (χ0) is 9.14. The van der Waals surface area contributed by atoms with Gasteiger partial charge in [0, 0.05) is 5.56 Å². The first kappa shape index (κ1) is 8.81. The number of hydrogen-bond acceptors (Lipinski definition) is 2. The first-order chi connectivity index (χ1) is 5.65. The molecule has 0 fully saturated rings. The summed E-state index contributed by atoms with van der Waals surface area (Å²) >= 11 is 0. The first-order valence-electron chi connectivity index (χ1n) is 3.65. The third kappa shape index (κ3) is 1.65. The minimum Gasteiger partial charge on any atom is -0.392 e. The van der Waals surface area contributed by atoms with Crippen molar-refractivity contribution in [3.05, 3.63) is 29.3 Å². The molecule has 1 amide bonds. The van der Waals surface area contributed by atoms with E-state index in [9.17, 15) is 4.79 Å². The molecule has 3 nitrogen and oxygen atoms in total. The van der Waals surface area contributed by atoms with Gasteiger partial charge in [0.2, 0.25) is 5.91 Å². The maximum atomic E-state index is 10.8. The van der Waals surface area contributed by atoms with Crippen molar-refractivity contribution in [1.82, 2.24) is 0 Å². The molecule has 3 N–H and O–H groups in total. The molecule has 0 heterocycles. The van der Waals surface area contributed by atoms with Crippen LogP contribution in [0.25, 0.3) is 0 Å². The highest BCUT2D eigenvalue weighted by molar-refractivity contribution is 6.32. The zero-order valence-electron chi connectivity index (χ0n) is 6.87. The highest BCUT2D eigenvalue weighted by atomic mass is 16.3. The second kappa shape index (κ2) is 3.41. The Labute approximate surface area is 71.6 Å². The summed E-state index contributed by atoms with van der Waals surface area (Å²) in [5.74, 6) is -0.497. The van der Waals surface area contributed by atoms with Crippen LogP contribution in [0.15, 0.2) is 18.2 Å². The van der Waals surface area contributed by atoms with Gasteiger partial charge in [0.05, 0.1) is 6.61 Å². The lowest BCUT2D eigenvalue weighted by molar-refractivity contribution is 0.0997. The van der Waals surface area contributed by atoms with Gasteiger partial charge in [0.25, 0.3) is 0 Å². The fourth-order valence-corrected chi connectivity index (χ4v) is 1.06. The van der Waals surface area contributed by atoms with Crippen LogP contribution < -0.4 is 11.2 Å². The number of amides is 1. The van der Waals surface area contributed by atoms with Gasteiger partial charge in [-0.3, -0.25) is 4.79 Å². The Balaban J connectivity index is 3.21. The highest BCUT2D eigenvalue weighted by Gasteiger charge is 2.06. The van der Waals surface area contributed by atoms with Crippen molar-refractivity contribution in [3.8, 4) is 0 Å². The van der Waals surface area contributed by atoms with Crippen molar-refractivity contribution in [2.24, 2.45) is 5.73 Å². The lowest BCUT2D eigenvalue weighted by Crippen LogP contribution is -2.17. The van der Waals surface area contributed by atoms with Crippen LogP contribution in [0.4, 0.5) is 0 Å². The van der Waals surface area contributed by atoms with Gasteiger partial charge < -0.3 is 10.8 Å². The summed E-state index contributed by atoms with van der Waals surface area (Å²) in [6.07, 6.45) is 0. The standard InChI is InChI=1S/C8H10BNO2/c9-6-2-1-5(4-11)7(3-6)8(10)12/h1-3,11H,4,9H2,(H2,10,12). The Bertz CT molecular complexity index is 312. The number of aliphatic hydroxyl groups excluding tert-OH is 1. The molecule has 1 aromatic rings. The summed E-state index contributed by atoms with van der Waals surface area (Å²) in [6.45, 7) is -0.154. The second-order valence-electron chi connectivity index (χ2n) is 2.68. The largest absolute Gasteiger partial charge is 0.392 e. The van der Waals surface area contributed by atoms with Crippen LogP contribution >= 0.6 is 0 Å². The number of primary amides is 1. The quantitative estimate of drug-likeness (QED) is 0.523. The smallest absolute Gasteiger partial charge is 0.249 e. The summed E-state index contributed by atoms with van der Waals surface area (Å²) < 4.78 is 0. The van der Waals surface area contributed by atoms with E-state index in [4.69, 9.17) is 10.8 Å². The van der Waals surface area contributed by atoms with Crippen LogP contribution in [0.1, 0.15) is 15.9 Å². The van der Waals surface area contributed by atoms with Crippen molar-refractivity contribution in [1.29, 1.82) is 0 Å². The number of nitrogens with two attached hydrogens (primary N) is 1. The molecule has 1 aromatic carbocycles. The summed E-state index contributed by atoms with van der Waals surface area (Å²) in [6, 6.07) is 5.21. The van der Waals surface area contributed by atoms with E-state index < -0.39 is 5.91 Å². The molecule has 0 aliphatic heterocycles. The summed E-state index contributed by atoms with van der Waals surface area (Å²) in [5.41, 5.74) is 7.05. The van der Waals surface area contributed by atoms with Crippen LogP contribution in [0.5, 0.6) is 0 Å². The Morgan fingerprint density at radius 3 is 2.75 bits per heavy atom. The fourth-order valence-electron chi connectivity index (χ4n) is 1.06. The number of benzene rings is 1. The third-order valence-electron chi connectivity index (χ3n) is 1.70. The van der Waals surface area contributed by atoms with Gasteiger partial charge in [-0.25, -0.2) is 0 Å². The van der Waals surface area contributed by atoms with Crippen molar-refractivity contribution in [2.45, 2.75) is 6.61 Å². The third-order valence-corrected chi connectivity index (χ3v) is 1.70. The summed E-state index contributed by atoms with van der Waals surface area (Å²) in [7, 11) is 1.87. The molecule has 0 atom stereocenters. The number of carbonyl (C=O) groups is 1. The maximum Gasteiger partial charge on any atom is 0.249 e. The van der Waals surface area contributed by atoms with Gasteiger partial charge in [-0.2, -0.15) is 0 Å². The van der Waals surface area contributed by atoms with E-state index in [1.54, 1.807) is 12.1 Å². The van der Waals surface area contributed by atoms with Gasteiger partial charge in [0.1, 0.15) is 7.85 Å². The van der Waals surface area contributed by atoms with Crippen molar-refractivity contribution >= 4 is 19.2 Å². The van der Waals surface area contributed by atoms with Gasteiger partial charge >= 0.3 is 0 Å². The summed E-state index contributed by atoms with van der Waals surface area (Å²) in [4.78, 5) is 10.8. The van der Waals surface area contributed by atoms with Crippen LogP contribution in [-0.2, 0) is 6.61 Å². The monoisotopic (exact) mass is 163 g/mol. The van der Waals surface area contributed by atoms with Gasteiger partial charge in [-0.15, -0.1) is 0 Å². The Morgan fingerprint density at radius 1 is 1.58 bits per heavy atom. The Kier molecular flexibility index (Phi) is 2.50. The van der Waals surface area contributed by atoms with E-state index >= 15 is 0 Å². The van der Waals surface area contributed by atoms with E-state index in [1.807, 2.05) is 13.9 Å². The van der Waals surface area contributed by atoms with Crippen LogP contribution in [0, 0.1) is 0 Å². The topological polar surface area (TPSA) is 63.3 Å². The molecule has 62 valence electrons. The molecule has 0 saturated carbocycles. The molecule has 0 aromatic heterocycles. The molecule has 0 saturated heterocycles. The summed E-state index contributed by atoms with van der Waals surface area (Å²) in [5, 5.41) is 8.85. The molecule has 1 rings (SSSR count). The average Bonchev–Trinajstić information content (AvgIpc) is 2.04. The van der Waals surface area contributed by atoms with E-state index in [0.717, 1.165) is 5.46 Å². The van der Waals surface area contributed by atoms with Crippen LogP contribution in [0.3, 0.4) is 0 Å². The van der Waals surface area contributed by atoms with E-state index in [0.29, 0.717) is 11.1 Å². The Hall–Kier alpha value is -1.29. The molecule has 0 bridgehead atoms. The van der Waals surface area contributed by atoms with Crippen LogP contribution in [0.2, 0.25) is 0 Å². The predicted octanol–water partition coefficient (Wildman–Crippen LogP) is -1.46. The second-order valence-corrected chi connectivity index (χ2v) is 2.68. The molecule has 0 spiro atoms. The van der Waals surface area contributed by atoms with Gasteiger partial charge in [-0.1, -0.05) is 23.7 Å². The molecule has 0 unspecified atom stereocenters. The number of hydrogen-bond donors (Lipinski definition) is 2. The maximum absolute atomic E-state index is 10.8. The number of rotatable bonds is 2. The van der Waals surface area contributed by atoms with Crippen LogP contribution in [-0.4, -0.2) is 18.9 Å². The van der Waals surface area contributed by atoms with Gasteiger partial charge in [0.15, 0.2) is 0 Å². The zero-order valence-corrected chi connectivity index (χ0v) is 6.87. The van der Waals surface area contributed by atoms with E-state index in [-0.39, 0.29) is 6.61 Å². The lowest BCUT2D eigenvalue weighted by atomic mass is 9.92. The molecular formula is C8H10BNO2. The molecule has 12 heavy (non-hydrogen) atoms. The fraction of sp³-hybridized carbons (Fsp3) is 0.125. The Morgan fingerprint density at radius 2 is 2.25 bits per heavy atom. The normalized spacial score (nSPS) is 9.75. The lowest BCUT2D eigenvalue weighted by Gasteiger charge is -2.03. The SMILES string of the molecule is Bc1ccc(CO)c(C(N)=O)c1. The minimum absolute atomic E-state index is 0.154. The molecular weight excluding hydrogens is 153 g/mol. The van der Waals surface area contributed by atoms with E-state index in [1.165, 1.54) is 0 Å². The first-order valence-corrected chi connectivity index (χ1v) is 3.65. The minimum atomic E-state index is -0.497. The molecule has 0 radical (unpaired) electrons. The molecule has 4 heteroatoms. The van der Waals surface area contributed by atoms with Gasteiger partial charge in [-0.05, 0) is 5.56 Å². The van der Waals surface area contributed by atoms with Crippen molar-refractivity contribution in [2.75, 3.05) is 0 Å². The van der Waals surface area contributed by atoms with Crippen molar-refractivity contribution in [3.63, 3.8) is 0 Å². The predicted molar refractivity (Wildman–Crippen MR) is 49.1 cm³/mol. The highest BCUT2D eigenvalue weighted by Crippen LogP contribution is 2.05. The molecule has 0 aliphatic carbocycles. The average molecular weight is 163 g/mol. The number of carbonyl (C=O) groups excluding carboxylic acids is 1.